The molecular weight excluding hydrogens is 731 g/mol. The minimum Gasteiger partial charge on any atom is -0.309 e. The first-order chi connectivity index (χ1) is 28.6. The van der Waals surface area contributed by atoms with E-state index in [-0.39, 0.29) is 0 Å². The van der Waals surface area contributed by atoms with Gasteiger partial charge in [0.2, 0.25) is 0 Å². The second-order valence-corrected chi connectivity index (χ2v) is 15.4. The molecule has 274 valence electrons. The fourth-order valence-electron chi connectivity index (χ4n) is 8.10. The van der Waals surface area contributed by atoms with Crippen LogP contribution in [0.15, 0.2) is 164 Å². The molecule has 7 aromatic carbocycles. The molecule has 11 rings (SSSR count). The maximum absolute atomic E-state index is 5.28. The first-order valence-electron chi connectivity index (χ1n) is 19.2. The van der Waals surface area contributed by atoms with Gasteiger partial charge in [-0.1, -0.05) is 121 Å². The molecule has 4 heterocycles. The Hall–Kier alpha value is -7.42. The highest BCUT2D eigenvalue weighted by atomic mass is 32.1. The summed E-state index contributed by atoms with van der Waals surface area (Å²) in [4.78, 5) is 29.4. The minimum atomic E-state index is 0.590. The molecule has 58 heavy (non-hydrogen) atoms. The van der Waals surface area contributed by atoms with E-state index < -0.39 is 0 Å². The topological polar surface area (TPSA) is 82.3 Å². The van der Waals surface area contributed by atoms with Crippen molar-refractivity contribution in [3.63, 3.8) is 0 Å². The van der Waals surface area contributed by atoms with Crippen LogP contribution in [-0.4, -0.2) is 34.5 Å². The predicted molar refractivity (Wildman–Crippen MR) is 237 cm³/mol. The Bertz CT molecular complexity index is 3290. The minimum absolute atomic E-state index is 0.590. The van der Waals surface area contributed by atoms with Gasteiger partial charge in [0.15, 0.2) is 23.3 Å². The third kappa shape index (κ3) is 5.73. The van der Waals surface area contributed by atoms with Gasteiger partial charge < -0.3 is 4.57 Å². The number of thiophene rings is 1. The van der Waals surface area contributed by atoms with E-state index in [4.69, 9.17) is 24.9 Å². The number of aryl methyl sites for hydroxylation is 2. The van der Waals surface area contributed by atoms with E-state index in [1.165, 1.54) is 25.7 Å². The molecule has 0 fully saturated rings. The fraction of sp³-hybridized carbons (Fsp3) is 0.0400. The molecular formula is C50H33N7S. The smallest absolute Gasteiger partial charge is 0.166 e. The summed E-state index contributed by atoms with van der Waals surface area (Å²) in [5, 5.41) is 4.74. The molecule has 0 unspecified atom stereocenters. The monoisotopic (exact) mass is 763 g/mol. The summed E-state index contributed by atoms with van der Waals surface area (Å²) < 4.78 is 4.86. The Labute approximate surface area is 338 Å². The van der Waals surface area contributed by atoms with E-state index in [2.05, 4.69) is 113 Å². The molecule has 11 aromatic rings. The van der Waals surface area contributed by atoms with Gasteiger partial charge in [0.1, 0.15) is 11.6 Å². The molecule has 0 aliphatic carbocycles. The third-order valence-corrected chi connectivity index (χ3v) is 11.9. The molecule has 0 aliphatic rings. The summed E-state index contributed by atoms with van der Waals surface area (Å²) in [7, 11) is 0. The van der Waals surface area contributed by atoms with Crippen molar-refractivity contribution in [3.05, 3.63) is 175 Å². The maximum Gasteiger partial charge on any atom is 0.166 e. The number of rotatable bonds is 6. The van der Waals surface area contributed by atoms with Crippen molar-refractivity contribution in [2.24, 2.45) is 0 Å². The maximum atomic E-state index is 5.28. The van der Waals surface area contributed by atoms with Crippen LogP contribution < -0.4 is 0 Å². The summed E-state index contributed by atoms with van der Waals surface area (Å²) in [6.07, 6.45) is 0. The number of hydrogen-bond acceptors (Lipinski definition) is 7. The summed E-state index contributed by atoms with van der Waals surface area (Å²) in [5.74, 6) is 3.87. The number of para-hydroxylation sites is 1. The first-order valence-corrected chi connectivity index (χ1v) is 20.0. The standard InChI is InChI=1S/C50H33N7S/c1-30-51-31(2)53-49(52-30)35-25-27-43-40(29-35)37-18-9-11-22-42(37)57(43)44-26-24-34(36-20-13-21-39-38-19-10-12-23-45(38)58-46(36)39)28-41(44)50-55-47(32-14-5-3-6-15-32)54-48(56-50)33-16-7-4-8-17-33/h3-29H,1-2H3. The van der Waals surface area contributed by atoms with Crippen LogP contribution in [0.4, 0.5) is 0 Å². The van der Waals surface area contributed by atoms with Crippen molar-refractivity contribution in [1.29, 1.82) is 0 Å². The molecule has 0 radical (unpaired) electrons. The third-order valence-electron chi connectivity index (χ3n) is 10.7. The molecule has 0 spiro atoms. The van der Waals surface area contributed by atoms with Gasteiger partial charge in [0, 0.05) is 53.2 Å². The lowest BCUT2D eigenvalue weighted by atomic mass is 9.99. The van der Waals surface area contributed by atoms with Crippen LogP contribution >= 0.6 is 11.3 Å². The van der Waals surface area contributed by atoms with E-state index in [9.17, 15) is 0 Å². The molecule has 0 atom stereocenters. The molecule has 8 heteroatoms. The molecule has 0 amide bonds. The lowest BCUT2D eigenvalue weighted by Crippen LogP contribution is -2.04. The first kappa shape index (κ1) is 33.9. The Morgan fingerprint density at radius 2 is 0.966 bits per heavy atom. The van der Waals surface area contributed by atoms with Gasteiger partial charge in [0.25, 0.3) is 0 Å². The van der Waals surface area contributed by atoms with Gasteiger partial charge >= 0.3 is 0 Å². The lowest BCUT2D eigenvalue weighted by Gasteiger charge is -2.16. The van der Waals surface area contributed by atoms with Gasteiger partial charge in [0.05, 0.1) is 16.7 Å². The molecule has 4 aromatic heterocycles. The summed E-state index contributed by atoms with van der Waals surface area (Å²) >= 11 is 1.83. The molecule has 0 aliphatic heterocycles. The Balaban J connectivity index is 1.21. The normalized spacial score (nSPS) is 11.6. The average molecular weight is 764 g/mol. The molecule has 0 N–H and O–H groups in total. The average Bonchev–Trinajstić information content (AvgIpc) is 3.82. The van der Waals surface area contributed by atoms with Gasteiger partial charge in [-0.25, -0.2) is 29.9 Å². The van der Waals surface area contributed by atoms with Crippen LogP contribution in [0.5, 0.6) is 0 Å². The SMILES string of the molecule is Cc1nc(C)nc(-c2ccc3c(c2)c2ccccc2n3-c2ccc(-c3cccc4c3sc3ccccc34)cc2-c2nc(-c3ccccc3)nc(-c3ccccc3)n2)n1. The molecule has 0 bridgehead atoms. The number of benzene rings is 7. The molecule has 0 saturated heterocycles. The zero-order chi connectivity index (χ0) is 38.7. The number of nitrogens with zero attached hydrogens (tertiary/aromatic N) is 7. The Kier molecular flexibility index (Phi) is 7.97. The highest BCUT2D eigenvalue weighted by molar-refractivity contribution is 7.26. The highest BCUT2D eigenvalue weighted by Crippen LogP contribution is 2.43. The molecule has 7 nitrogen and oxygen atoms in total. The Morgan fingerprint density at radius 1 is 0.379 bits per heavy atom. The van der Waals surface area contributed by atoms with Crippen molar-refractivity contribution < 1.29 is 0 Å². The second kappa shape index (κ2) is 13.7. The fourth-order valence-corrected chi connectivity index (χ4v) is 9.34. The largest absolute Gasteiger partial charge is 0.309 e. The van der Waals surface area contributed by atoms with Crippen LogP contribution in [0.3, 0.4) is 0 Å². The molecule has 0 saturated carbocycles. The zero-order valence-corrected chi connectivity index (χ0v) is 32.4. The highest BCUT2D eigenvalue weighted by Gasteiger charge is 2.22. The van der Waals surface area contributed by atoms with E-state index in [1.54, 1.807) is 0 Å². The number of aromatic nitrogens is 7. The lowest BCUT2D eigenvalue weighted by molar-refractivity contribution is 0.929. The number of hydrogen-bond donors (Lipinski definition) is 0. The summed E-state index contributed by atoms with van der Waals surface area (Å²) in [6, 6.07) is 57.3. The predicted octanol–water partition coefficient (Wildman–Crippen LogP) is 12.5. The van der Waals surface area contributed by atoms with E-state index in [1.807, 2.05) is 85.8 Å². The Morgan fingerprint density at radius 3 is 1.71 bits per heavy atom. The van der Waals surface area contributed by atoms with Gasteiger partial charge in [-0.05, 0) is 67.4 Å². The van der Waals surface area contributed by atoms with Crippen molar-refractivity contribution in [2.45, 2.75) is 13.8 Å². The second-order valence-electron chi connectivity index (χ2n) is 14.4. The van der Waals surface area contributed by atoms with Gasteiger partial charge in [-0.2, -0.15) is 0 Å². The van der Waals surface area contributed by atoms with Crippen molar-refractivity contribution >= 4 is 53.3 Å². The van der Waals surface area contributed by atoms with E-state index in [0.717, 1.165) is 55.3 Å². The van der Waals surface area contributed by atoms with Crippen molar-refractivity contribution in [3.8, 4) is 62.4 Å². The van der Waals surface area contributed by atoms with Crippen molar-refractivity contribution in [2.75, 3.05) is 0 Å². The van der Waals surface area contributed by atoms with Crippen LogP contribution in [0, 0.1) is 13.8 Å². The van der Waals surface area contributed by atoms with Gasteiger partial charge in [-0.3, -0.25) is 0 Å². The summed E-state index contributed by atoms with van der Waals surface area (Å²) in [6.45, 7) is 3.81. The summed E-state index contributed by atoms with van der Waals surface area (Å²) in [5.41, 5.74) is 9.00. The van der Waals surface area contributed by atoms with Crippen LogP contribution in [0.25, 0.3) is 104 Å². The van der Waals surface area contributed by atoms with E-state index >= 15 is 0 Å². The number of fused-ring (bicyclic) bond motifs is 6. The van der Waals surface area contributed by atoms with Crippen LogP contribution in [0.1, 0.15) is 11.6 Å². The van der Waals surface area contributed by atoms with Gasteiger partial charge in [-0.15, -0.1) is 11.3 Å². The quantitative estimate of drug-likeness (QED) is 0.168. The van der Waals surface area contributed by atoms with Crippen LogP contribution in [0.2, 0.25) is 0 Å². The van der Waals surface area contributed by atoms with Crippen molar-refractivity contribution in [1.82, 2.24) is 34.5 Å². The van der Waals surface area contributed by atoms with E-state index in [0.29, 0.717) is 34.9 Å². The zero-order valence-electron chi connectivity index (χ0n) is 31.6. The van der Waals surface area contributed by atoms with Crippen LogP contribution in [-0.2, 0) is 0 Å².